The minimum absolute atomic E-state index is 0.0641. The lowest BCUT2D eigenvalue weighted by atomic mass is 10.0. The molecule has 10 aromatic rings. The third kappa shape index (κ3) is 24.0. The van der Waals surface area contributed by atoms with Crippen LogP contribution in [0.3, 0.4) is 0 Å². The molecule has 13 nitrogen and oxygen atoms in total. The highest BCUT2D eigenvalue weighted by Crippen LogP contribution is 2.22. The van der Waals surface area contributed by atoms with Crippen molar-refractivity contribution in [3.05, 3.63) is 286 Å². The summed E-state index contributed by atoms with van der Waals surface area (Å²) < 4.78 is 2.05. The molecule has 0 fully saturated rings. The largest absolute Gasteiger partial charge is 0.399 e. The van der Waals surface area contributed by atoms with Gasteiger partial charge in [-0.05, 0) is 188 Å². The molecule has 0 atom stereocenters. The number of nitrogen functional groups attached to an aromatic ring is 2. The second-order valence-electron chi connectivity index (χ2n) is 15.6. The number of benzene rings is 8. The van der Waals surface area contributed by atoms with Gasteiger partial charge in [-0.25, -0.2) is 0 Å². The average Bonchev–Trinajstić information content (AvgIpc) is 4.14. The predicted octanol–water partition coefficient (Wildman–Crippen LogP) is 17.3. The Morgan fingerprint density at radius 3 is 1.07 bits per heavy atom. The van der Waals surface area contributed by atoms with Crippen LogP contribution in [-0.2, 0) is 19.3 Å². The van der Waals surface area contributed by atoms with E-state index in [0.717, 1.165) is 65.9 Å². The summed E-state index contributed by atoms with van der Waals surface area (Å²) in [4.78, 5) is 19.7. The van der Waals surface area contributed by atoms with E-state index in [1.54, 1.807) is 23.2 Å². The molecule has 388 valence electrons. The fourth-order valence-electron chi connectivity index (χ4n) is 6.13. The van der Waals surface area contributed by atoms with Crippen LogP contribution in [0, 0.1) is 23.8 Å². The molecular weight excluding hydrogens is 1260 g/mol. The molecule has 0 saturated carbocycles. The Labute approximate surface area is 489 Å². The third-order valence-corrected chi connectivity index (χ3v) is 13.4. The van der Waals surface area contributed by atoms with Crippen LogP contribution in [0.2, 0.25) is 20.1 Å². The molecule has 0 saturated heterocycles. The Morgan fingerprint density at radius 2 is 0.763 bits per heavy atom. The maximum Gasteiger partial charge on any atom is 0.269 e. The highest BCUT2D eigenvalue weighted by atomic mass is 127. The Bertz CT molecular complexity index is 3180. The van der Waals surface area contributed by atoms with Gasteiger partial charge in [0.2, 0.25) is 5.13 Å². The van der Waals surface area contributed by atoms with Crippen molar-refractivity contribution in [2.45, 2.75) is 19.3 Å². The third-order valence-electron chi connectivity index (χ3n) is 9.90. The van der Waals surface area contributed by atoms with Gasteiger partial charge in [-0.2, -0.15) is 0 Å². The zero-order chi connectivity index (χ0) is 54.7. The summed E-state index contributed by atoms with van der Waals surface area (Å²) in [5.74, 6) is 0. The van der Waals surface area contributed by atoms with E-state index in [1.165, 1.54) is 84.9 Å². The van der Waals surface area contributed by atoms with Crippen molar-refractivity contribution >= 4 is 141 Å². The fraction of sp³-hybridized carbons (Fsp3) is 0.0545. The molecular formula is C55H45BrCl4IN9O4S2. The summed E-state index contributed by atoms with van der Waals surface area (Å²) in [5, 5.41) is 42.5. The van der Waals surface area contributed by atoms with Crippen molar-refractivity contribution in [1.29, 1.82) is 0 Å². The molecule has 8 aromatic carbocycles. The van der Waals surface area contributed by atoms with Crippen LogP contribution >= 0.6 is 108 Å². The molecule has 21 heteroatoms. The summed E-state index contributed by atoms with van der Waals surface area (Å²) in [6.07, 6.45) is 2.56. The summed E-state index contributed by atoms with van der Waals surface area (Å²) in [7, 11) is 0. The zero-order valence-electron chi connectivity index (χ0n) is 39.8. The Balaban J connectivity index is 0.000000175. The lowest BCUT2D eigenvalue weighted by molar-refractivity contribution is -0.385. The van der Waals surface area contributed by atoms with Crippen LogP contribution in [0.15, 0.2) is 209 Å². The molecule has 0 spiro atoms. The molecule has 2 heterocycles. The van der Waals surface area contributed by atoms with Crippen LogP contribution in [0.5, 0.6) is 0 Å². The number of aromatic nitrogens is 4. The number of hydrogen-bond donors (Lipinski definition) is 3. The van der Waals surface area contributed by atoms with E-state index in [4.69, 9.17) is 57.9 Å². The predicted molar refractivity (Wildman–Crippen MR) is 326 cm³/mol. The zero-order valence-corrected chi connectivity index (χ0v) is 48.2. The van der Waals surface area contributed by atoms with Gasteiger partial charge in [0, 0.05) is 65.0 Å². The number of nitro groups is 2. The Kier molecular flexibility index (Phi) is 26.0. The van der Waals surface area contributed by atoms with Crippen LogP contribution < -0.4 is 16.8 Å². The first-order valence-electron chi connectivity index (χ1n) is 22.3. The number of anilines is 4. The average molecular weight is 1310 g/mol. The first-order chi connectivity index (χ1) is 36.6. The van der Waals surface area contributed by atoms with Gasteiger partial charge >= 0.3 is 0 Å². The second kappa shape index (κ2) is 32.8. The fourth-order valence-corrected chi connectivity index (χ4v) is 8.07. The van der Waals surface area contributed by atoms with E-state index in [-0.39, 0.29) is 11.4 Å². The van der Waals surface area contributed by atoms with Gasteiger partial charge in [0.15, 0.2) is 3.92 Å². The summed E-state index contributed by atoms with van der Waals surface area (Å²) in [6.45, 7) is 0. The lowest BCUT2D eigenvalue weighted by Gasteiger charge is -2.05. The van der Waals surface area contributed by atoms with Crippen molar-refractivity contribution < 1.29 is 9.85 Å². The molecule has 5 N–H and O–H groups in total. The summed E-state index contributed by atoms with van der Waals surface area (Å²) in [5.41, 5.74) is 24.0. The maximum absolute atomic E-state index is 10.5. The SMILES string of the molecule is Brc1nncs1.Clc1ccc(Cc2ccc(Nc3nncs3)cc2)cc1.Clc1ccc(I)cc1.Nc1ccc(Cc2ccc(Cl)cc2)cc1.Nc1ccc([N+](=O)[O-])cc1.O=[N+]([O-])c1ccc(Cc2ccc(Cl)cc2)cc1. The van der Waals surface area contributed by atoms with Crippen LogP contribution in [-0.4, -0.2) is 30.2 Å². The Hall–Kier alpha value is -6.55. The molecule has 0 bridgehead atoms. The van der Waals surface area contributed by atoms with Gasteiger partial charge in [0.1, 0.15) is 11.0 Å². The van der Waals surface area contributed by atoms with Crippen molar-refractivity contribution in [3.8, 4) is 0 Å². The van der Waals surface area contributed by atoms with Gasteiger partial charge in [0.25, 0.3) is 11.4 Å². The number of hydrogen-bond acceptors (Lipinski definition) is 13. The standard InChI is InChI=1S/C15H12ClN3S.C13H10ClNO2.C13H12ClN.C6H4ClI.C6H6N2O2.C2HBrN2S/c16-13-5-1-11(2-6-13)9-12-3-7-14(8-4-12)18-15-19-17-10-20-15;14-12-5-1-10(2-6-12)9-11-3-7-13(8-4-11)15(16)17;14-12-5-1-10(2-6-12)9-11-3-7-13(15)8-4-11;7-5-1-3-6(8)4-2-5;7-5-1-3-6(4-2-5)8(9)10;3-2-5-4-1-6-2/h1-8,10H,9H2,(H,18,19);1-8H,9H2;1-8H,9,15H2;1-4H;1-4H,7H2;1H. The number of nitrogens with one attached hydrogen (secondary N) is 1. The molecule has 0 amide bonds. The van der Waals surface area contributed by atoms with E-state index < -0.39 is 9.85 Å². The Morgan fingerprint density at radius 1 is 0.461 bits per heavy atom. The number of halogens is 6. The summed E-state index contributed by atoms with van der Waals surface area (Å²) in [6, 6.07) is 59.7. The maximum atomic E-state index is 10.5. The molecule has 0 unspecified atom stereocenters. The molecule has 2 aromatic heterocycles. The van der Waals surface area contributed by atoms with Crippen molar-refractivity contribution in [2.24, 2.45) is 0 Å². The van der Waals surface area contributed by atoms with Gasteiger partial charge in [0.05, 0.1) is 9.85 Å². The minimum atomic E-state index is -0.459. The highest BCUT2D eigenvalue weighted by molar-refractivity contribution is 14.1. The number of nitrogens with zero attached hydrogens (tertiary/aromatic N) is 6. The van der Waals surface area contributed by atoms with E-state index >= 15 is 0 Å². The van der Waals surface area contributed by atoms with Gasteiger partial charge in [-0.3, -0.25) is 20.2 Å². The molecule has 10 rings (SSSR count). The monoisotopic (exact) mass is 1310 g/mol. The second-order valence-corrected chi connectivity index (χ2v) is 21.6. The van der Waals surface area contributed by atoms with Gasteiger partial charge < -0.3 is 16.8 Å². The van der Waals surface area contributed by atoms with Gasteiger partial charge in [-0.1, -0.05) is 142 Å². The van der Waals surface area contributed by atoms with Crippen LogP contribution in [0.25, 0.3) is 0 Å². The molecule has 0 aliphatic carbocycles. The number of rotatable bonds is 10. The number of nitro benzene ring substituents is 2. The van der Waals surface area contributed by atoms with Crippen LogP contribution in [0.1, 0.15) is 33.4 Å². The first kappa shape index (κ1) is 60.3. The molecule has 0 aliphatic rings. The van der Waals surface area contributed by atoms with E-state index in [0.29, 0.717) is 10.7 Å². The van der Waals surface area contributed by atoms with E-state index in [9.17, 15) is 20.2 Å². The lowest BCUT2D eigenvalue weighted by Crippen LogP contribution is -1.91. The number of nitrogens with two attached hydrogens (primary N) is 2. The molecule has 76 heavy (non-hydrogen) atoms. The van der Waals surface area contributed by atoms with Crippen molar-refractivity contribution in [2.75, 3.05) is 16.8 Å². The summed E-state index contributed by atoms with van der Waals surface area (Å²) >= 11 is 31.4. The smallest absolute Gasteiger partial charge is 0.269 e. The molecule has 0 aliphatic heterocycles. The van der Waals surface area contributed by atoms with E-state index in [1.807, 2.05) is 121 Å². The highest BCUT2D eigenvalue weighted by Gasteiger charge is 2.05. The molecule has 0 radical (unpaired) electrons. The normalized spacial score (nSPS) is 9.92. The number of non-ortho nitro benzene ring substituents is 2. The topological polar surface area (TPSA) is 202 Å². The van der Waals surface area contributed by atoms with Crippen LogP contribution in [0.4, 0.5) is 33.6 Å². The van der Waals surface area contributed by atoms with Gasteiger partial charge in [-0.15, -0.1) is 20.4 Å². The minimum Gasteiger partial charge on any atom is -0.399 e. The van der Waals surface area contributed by atoms with E-state index in [2.05, 4.69) is 88.5 Å². The first-order valence-corrected chi connectivity index (χ1v) is 27.5. The van der Waals surface area contributed by atoms with Crippen molar-refractivity contribution in [1.82, 2.24) is 20.4 Å². The van der Waals surface area contributed by atoms with Crippen molar-refractivity contribution in [3.63, 3.8) is 0 Å². The quantitative estimate of drug-likeness (QED) is 0.0509.